The number of methoxy groups -OCH3 is 2. The first-order chi connectivity index (χ1) is 23.0. The summed E-state index contributed by atoms with van der Waals surface area (Å²) in [7, 11) is 3.41. The van der Waals surface area contributed by atoms with Gasteiger partial charge in [-0.25, -0.2) is 0 Å². The van der Waals surface area contributed by atoms with Crippen molar-refractivity contribution in [1.82, 2.24) is 0 Å². The van der Waals surface area contributed by atoms with E-state index in [0.29, 0.717) is 5.92 Å². The van der Waals surface area contributed by atoms with Crippen LogP contribution in [0, 0.1) is 5.92 Å². The maximum atomic E-state index is 7.27. The fourth-order valence-electron chi connectivity index (χ4n) is 5.79. The molecule has 0 saturated heterocycles. The second kappa shape index (κ2) is 15.1. The molecule has 0 N–H and O–H groups in total. The number of benzene rings is 6. The van der Waals surface area contributed by atoms with E-state index < -0.39 is 14.8 Å². The van der Waals surface area contributed by atoms with Gasteiger partial charge in [-0.15, -0.1) is 0 Å². The van der Waals surface area contributed by atoms with Crippen LogP contribution in [0.25, 0.3) is 44.5 Å². The van der Waals surface area contributed by atoms with Gasteiger partial charge in [-0.3, -0.25) is 0 Å². The molecule has 0 aliphatic heterocycles. The van der Waals surface area contributed by atoms with Crippen molar-refractivity contribution < 1.29 is 17.1 Å². The molecular weight excluding hydrogens is 595 g/mol. The molecule has 0 aliphatic rings. The van der Waals surface area contributed by atoms with Crippen LogP contribution >= 0.6 is 0 Å². The molecule has 234 valence electrons. The Bertz CT molecular complexity index is 1630. The molecule has 47 heavy (non-hydrogen) atoms. The molecule has 0 saturated carbocycles. The lowest BCUT2D eigenvalue weighted by Crippen LogP contribution is -2.32. The summed E-state index contributed by atoms with van der Waals surface area (Å²) < 4.78 is 26.2. The summed E-state index contributed by atoms with van der Waals surface area (Å²) >= 11 is -2.48. The van der Waals surface area contributed by atoms with Crippen LogP contribution in [0.1, 0.15) is 13.8 Å². The number of hydrogen-bond acceptors (Lipinski definition) is 4. The van der Waals surface area contributed by atoms with Gasteiger partial charge in [-0.2, -0.15) is 0 Å². The molecule has 0 bridgehead atoms. The van der Waals surface area contributed by atoms with Gasteiger partial charge in [0.1, 0.15) is 11.5 Å². The molecule has 0 aliphatic carbocycles. The first kappa shape index (κ1) is 32.0. The zero-order valence-corrected chi connectivity index (χ0v) is 28.5. The summed E-state index contributed by atoms with van der Waals surface area (Å²) in [5.41, 5.74) is 8.07. The normalized spacial score (nSPS) is 10.8. The minimum Gasteiger partial charge on any atom is -0.611 e. The van der Waals surface area contributed by atoms with E-state index in [0.717, 1.165) is 72.8 Å². The summed E-state index contributed by atoms with van der Waals surface area (Å²) in [6, 6.07) is 49.7. The van der Waals surface area contributed by atoms with Gasteiger partial charge in [0.15, 0.2) is 0 Å². The van der Waals surface area contributed by atoms with E-state index in [1.54, 1.807) is 14.2 Å². The van der Waals surface area contributed by atoms with Gasteiger partial charge in [0.05, 0.1) is 25.7 Å². The summed E-state index contributed by atoms with van der Waals surface area (Å²) in [6.07, 6.45) is 0. The third-order valence-electron chi connectivity index (χ3n) is 8.10. The second-order valence-electron chi connectivity index (χ2n) is 11.9. The molecule has 5 heteroatoms. The molecule has 6 aromatic carbocycles. The van der Waals surface area contributed by atoms with Crippen molar-refractivity contribution >= 4 is 14.8 Å². The Kier molecular flexibility index (Phi) is 10.3. The fourth-order valence-corrected chi connectivity index (χ4v) is 7.84. The molecule has 4 nitrogen and oxygen atoms in total. The highest BCUT2D eigenvalue weighted by molar-refractivity contribution is 6.47. The average Bonchev–Trinajstić information content (AvgIpc) is 3.12. The number of hydrogen-bond donors (Lipinski definition) is 0. The van der Waals surface area contributed by atoms with Crippen LogP contribution in [0.2, 0.25) is 5.28 Å². The van der Waals surface area contributed by atoms with Crippen molar-refractivity contribution in [2.24, 2.45) is 5.92 Å². The number of rotatable bonds is 12. The van der Waals surface area contributed by atoms with Crippen LogP contribution < -0.4 is 17.1 Å². The van der Waals surface area contributed by atoms with Crippen LogP contribution in [-0.4, -0.2) is 29.0 Å². The van der Waals surface area contributed by atoms with E-state index in [1.807, 2.05) is 24.3 Å². The van der Waals surface area contributed by atoms with Gasteiger partial charge in [-0.05, 0) is 51.8 Å². The Labute approximate surface area is 283 Å². The summed E-state index contributed by atoms with van der Waals surface area (Å²) in [6.45, 7) is 4.45. The quantitative estimate of drug-likeness (QED) is 0.126. The number of ether oxygens (including phenoxy) is 2. The van der Waals surface area contributed by atoms with E-state index in [-0.39, 0.29) is 0 Å². The van der Waals surface area contributed by atoms with Crippen molar-refractivity contribution in [3.05, 3.63) is 146 Å². The maximum Gasteiger partial charge on any atom is 0.857 e. The van der Waals surface area contributed by atoms with Crippen molar-refractivity contribution in [1.29, 1.82) is 0 Å². The van der Waals surface area contributed by atoms with Crippen molar-refractivity contribution in [3.8, 4) is 67.5 Å². The largest absolute Gasteiger partial charge is 0.857 e. The third kappa shape index (κ3) is 7.55. The van der Waals surface area contributed by atoms with Gasteiger partial charge < -0.3 is 17.1 Å². The van der Waals surface area contributed by atoms with Crippen LogP contribution in [0.5, 0.6) is 23.0 Å². The average molecular weight is 635 g/mol. The monoisotopic (exact) mass is 634 g/mol. The van der Waals surface area contributed by atoms with Crippen molar-refractivity contribution in [3.63, 3.8) is 0 Å². The van der Waals surface area contributed by atoms with Crippen LogP contribution in [-0.2, 0) is 0 Å². The predicted molar refractivity (Wildman–Crippen MR) is 194 cm³/mol. The summed E-state index contributed by atoms with van der Waals surface area (Å²) in [5.74, 6) is 3.49. The van der Waals surface area contributed by atoms with Crippen molar-refractivity contribution in [2.45, 2.75) is 19.1 Å². The molecule has 6 aromatic rings. The van der Waals surface area contributed by atoms with Gasteiger partial charge in [0.2, 0.25) is 0 Å². The smallest absolute Gasteiger partial charge is 0.611 e. The Balaban J connectivity index is 1.55. The highest BCUT2D eigenvalue weighted by Crippen LogP contribution is 2.46. The third-order valence-corrected chi connectivity index (χ3v) is 10.4. The molecule has 0 atom stereocenters. The van der Waals surface area contributed by atoms with E-state index in [4.69, 9.17) is 17.1 Å². The van der Waals surface area contributed by atoms with E-state index in [1.165, 1.54) is 0 Å². The van der Waals surface area contributed by atoms with Gasteiger partial charge in [-0.1, -0.05) is 141 Å². The second-order valence-corrected chi connectivity index (χ2v) is 13.7. The zero-order valence-electron chi connectivity index (χ0n) is 27.4. The predicted octanol–water partition coefficient (Wildman–Crippen LogP) is 11.0. The molecule has 0 unspecified atom stereocenters. The minimum absolute atomic E-state index is 0.351. The van der Waals surface area contributed by atoms with Gasteiger partial charge >= 0.3 is 14.8 Å². The van der Waals surface area contributed by atoms with E-state index in [2.05, 4.69) is 135 Å². The molecule has 0 amide bonds. The highest BCUT2D eigenvalue weighted by atomic mass is 27.2. The zero-order chi connectivity index (χ0) is 32.6. The van der Waals surface area contributed by atoms with E-state index >= 15 is 0 Å². The summed E-state index contributed by atoms with van der Waals surface area (Å²) in [5, 5.41) is 0.795. The van der Waals surface area contributed by atoms with Crippen LogP contribution in [0.15, 0.2) is 146 Å². The van der Waals surface area contributed by atoms with Crippen molar-refractivity contribution in [2.75, 3.05) is 14.2 Å². The van der Waals surface area contributed by atoms with E-state index in [9.17, 15) is 0 Å². The topological polar surface area (TPSA) is 36.9 Å². The Morgan fingerprint density at radius 1 is 0.447 bits per heavy atom. The lowest BCUT2D eigenvalue weighted by Gasteiger charge is -2.26. The maximum absolute atomic E-state index is 7.27. The first-order valence-corrected chi connectivity index (χ1v) is 17.8. The molecule has 6 rings (SSSR count). The molecular formula is C42H39AlO4. The van der Waals surface area contributed by atoms with Crippen LogP contribution in [0.4, 0.5) is 0 Å². The van der Waals surface area contributed by atoms with Gasteiger partial charge in [0.25, 0.3) is 0 Å². The first-order valence-electron chi connectivity index (χ1n) is 16.0. The Morgan fingerprint density at radius 3 is 0.957 bits per heavy atom. The highest BCUT2D eigenvalue weighted by Gasteiger charge is 2.37. The molecule has 0 fully saturated rings. The standard InChI is InChI=1S/2C19H16O2.C4H9.Al/c2*1-21-16-12-17(14-8-4-2-5-9-14)19(20)18(13-16)15-10-6-3-7-11-15;1-4(2)3;/h2*2-13,20H,1H3;4H,1H2,2-3H3;/q;;;+2/p-2. The molecule has 0 aromatic heterocycles. The molecule has 0 radical (unpaired) electrons. The fraction of sp³-hybridized carbons (Fsp3) is 0.143. The van der Waals surface area contributed by atoms with Crippen LogP contribution in [0.3, 0.4) is 0 Å². The minimum atomic E-state index is -2.48. The SMILES string of the molecule is COc1cc(-c2ccccc2)c([O][Al]([CH2]C(C)C)[O]c2c(-c3ccccc3)cc(OC)cc2-c2ccccc2)c(-c2ccccc2)c1. The lowest BCUT2D eigenvalue weighted by molar-refractivity contribution is 0.403. The summed E-state index contributed by atoms with van der Waals surface area (Å²) in [4.78, 5) is 0. The van der Waals surface area contributed by atoms with Gasteiger partial charge in [0, 0.05) is 22.3 Å². The Hall–Kier alpha value is -4.95. The lowest BCUT2D eigenvalue weighted by atomic mass is 9.97. The molecule has 0 spiro atoms. The molecule has 0 heterocycles. The Morgan fingerprint density at radius 2 is 0.723 bits per heavy atom.